The van der Waals surface area contributed by atoms with Crippen LogP contribution in [0.1, 0.15) is 25.7 Å². The lowest BCUT2D eigenvalue weighted by Gasteiger charge is -2.37. The zero-order chi connectivity index (χ0) is 12.5. The minimum Gasteiger partial charge on any atom is -0.325 e. The largest absolute Gasteiger partial charge is 0.325 e. The Morgan fingerprint density at radius 1 is 1.41 bits per heavy atom. The molecule has 92 valence electrons. The number of amides is 1. The van der Waals surface area contributed by atoms with Crippen LogP contribution in [0.4, 0.5) is 14.5 Å². The molecule has 1 saturated carbocycles. The van der Waals surface area contributed by atoms with Gasteiger partial charge in [-0.2, -0.15) is 0 Å². The van der Waals surface area contributed by atoms with Crippen molar-refractivity contribution in [3.8, 4) is 0 Å². The van der Waals surface area contributed by atoms with Crippen molar-refractivity contribution in [1.82, 2.24) is 0 Å². The van der Waals surface area contributed by atoms with Crippen LogP contribution in [-0.4, -0.2) is 11.4 Å². The van der Waals surface area contributed by atoms with Gasteiger partial charge in [0.25, 0.3) is 0 Å². The molecule has 0 atom stereocenters. The number of hydrogen-bond donors (Lipinski definition) is 2. The first kappa shape index (κ1) is 12.0. The lowest BCUT2D eigenvalue weighted by Crippen LogP contribution is -2.48. The van der Waals surface area contributed by atoms with Crippen molar-refractivity contribution in [2.45, 2.75) is 31.2 Å². The molecule has 1 aliphatic carbocycles. The first-order chi connectivity index (χ1) is 7.98. The molecule has 0 aromatic heterocycles. The van der Waals surface area contributed by atoms with Crippen molar-refractivity contribution in [2.24, 2.45) is 5.73 Å². The van der Waals surface area contributed by atoms with Gasteiger partial charge in [-0.3, -0.25) is 4.79 Å². The number of rotatable bonds is 3. The Balaban J connectivity index is 1.98. The molecule has 2 rings (SSSR count). The van der Waals surface area contributed by atoms with Gasteiger partial charge in [0.05, 0.1) is 5.69 Å². The van der Waals surface area contributed by atoms with Crippen LogP contribution in [0.15, 0.2) is 18.2 Å². The van der Waals surface area contributed by atoms with Gasteiger partial charge in [0.1, 0.15) is 11.6 Å². The van der Waals surface area contributed by atoms with Crippen LogP contribution < -0.4 is 11.1 Å². The molecule has 5 heteroatoms. The van der Waals surface area contributed by atoms with Crippen molar-refractivity contribution in [3.63, 3.8) is 0 Å². The predicted molar refractivity (Wildman–Crippen MR) is 60.4 cm³/mol. The second-order valence-electron chi connectivity index (χ2n) is 4.57. The second kappa shape index (κ2) is 4.41. The molecule has 0 radical (unpaired) electrons. The number of halogens is 2. The number of hydrogen-bond acceptors (Lipinski definition) is 2. The van der Waals surface area contributed by atoms with E-state index in [0.717, 1.165) is 31.4 Å². The maximum Gasteiger partial charge on any atom is 0.226 e. The fourth-order valence-electron chi connectivity index (χ4n) is 1.91. The van der Waals surface area contributed by atoms with Gasteiger partial charge in [0, 0.05) is 18.0 Å². The van der Waals surface area contributed by atoms with Crippen molar-refractivity contribution in [1.29, 1.82) is 0 Å². The first-order valence-electron chi connectivity index (χ1n) is 5.52. The highest BCUT2D eigenvalue weighted by Crippen LogP contribution is 2.32. The Labute approximate surface area is 98.0 Å². The van der Waals surface area contributed by atoms with E-state index in [1.54, 1.807) is 0 Å². The third kappa shape index (κ3) is 2.79. The van der Waals surface area contributed by atoms with Crippen molar-refractivity contribution in [2.75, 3.05) is 5.32 Å². The highest BCUT2D eigenvalue weighted by Gasteiger charge is 2.34. The highest BCUT2D eigenvalue weighted by atomic mass is 19.1. The topological polar surface area (TPSA) is 55.1 Å². The van der Waals surface area contributed by atoms with E-state index in [-0.39, 0.29) is 18.0 Å². The van der Waals surface area contributed by atoms with E-state index in [2.05, 4.69) is 5.32 Å². The number of benzene rings is 1. The predicted octanol–water partition coefficient (Wildman–Crippen LogP) is 2.17. The maximum absolute atomic E-state index is 13.3. The SMILES string of the molecule is NC1(CC(=O)Nc2ccc(F)cc2F)CCC1. The Morgan fingerprint density at radius 2 is 2.12 bits per heavy atom. The van der Waals surface area contributed by atoms with E-state index in [0.29, 0.717) is 0 Å². The standard InChI is InChI=1S/C12H14F2N2O/c13-8-2-3-10(9(14)6-8)16-11(17)7-12(15)4-1-5-12/h2-3,6H,1,4-5,7,15H2,(H,16,17). The fourth-order valence-corrected chi connectivity index (χ4v) is 1.91. The minimum absolute atomic E-state index is 0.0145. The molecular weight excluding hydrogens is 226 g/mol. The zero-order valence-electron chi connectivity index (χ0n) is 9.30. The van der Waals surface area contributed by atoms with E-state index < -0.39 is 17.2 Å². The smallest absolute Gasteiger partial charge is 0.226 e. The summed E-state index contributed by atoms with van der Waals surface area (Å²) in [6.45, 7) is 0. The molecule has 3 N–H and O–H groups in total. The van der Waals surface area contributed by atoms with Crippen LogP contribution in [0, 0.1) is 11.6 Å². The van der Waals surface area contributed by atoms with Crippen LogP contribution in [0.25, 0.3) is 0 Å². The molecule has 0 unspecified atom stereocenters. The molecule has 0 heterocycles. The van der Waals surface area contributed by atoms with E-state index >= 15 is 0 Å². The summed E-state index contributed by atoms with van der Waals surface area (Å²) in [6.07, 6.45) is 2.82. The molecule has 17 heavy (non-hydrogen) atoms. The quantitative estimate of drug-likeness (QED) is 0.850. The first-order valence-corrected chi connectivity index (χ1v) is 5.52. The van der Waals surface area contributed by atoms with E-state index in [9.17, 15) is 13.6 Å². The van der Waals surface area contributed by atoms with Crippen LogP contribution in [0.5, 0.6) is 0 Å². The minimum atomic E-state index is -0.780. The summed E-state index contributed by atoms with van der Waals surface area (Å²) in [5.74, 6) is -1.79. The van der Waals surface area contributed by atoms with Gasteiger partial charge in [-0.15, -0.1) is 0 Å². The molecule has 1 aliphatic rings. The number of nitrogens with two attached hydrogens (primary N) is 1. The number of nitrogens with one attached hydrogen (secondary N) is 1. The monoisotopic (exact) mass is 240 g/mol. The summed E-state index contributed by atoms with van der Waals surface area (Å²) < 4.78 is 25.9. The molecule has 1 aromatic rings. The molecule has 0 bridgehead atoms. The lowest BCUT2D eigenvalue weighted by molar-refractivity contribution is -0.118. The maximum atomic E-state index is 13.3. The third-order valence-corrected chi connectivity index (χ3v) is 3.07. The van der Waals surface area contributed by atoms with Gasteiger partial charge >= 0.3 is 0 Å². The average Bonchev–Trinajstić information content (AvgIpc) is 2.20. The van der Waals surface area contributed by atoms with E-state index in [1.807, 2.05) is 0 Å². The van der Waals surface area contributed by atoms with Gasteiger partial charge in [-0.05, 0) is 31.4 Å². The normalized spacial score (nSPS) is 17.4. The number of carbonyl (C=O) groups excluding carboxylic acids is 1. The molecule has 0 aliphatic heterocycles. The Morgan fingerprint density at radius 3 is 2.65 bits per heavy atom. The summed E-state index contributed by atoms with van der Waals surface area (Å²) in [4.78, 5) is 11.6. The Hall–Kier alpha value is -1.49. The van der Waals surface area contributed by atoms with Crippen molar-refractivity contribution >= 4 is 11.6 Å². The average molecular weight is 240 g/mol. The number of anilines is 1. The lowest BCUT2D eigenvalue weighted by atomic mass is 9.75. The van der Waals surface area contributed by atoms with E-state index in [4.69, 9.17) is 5.73 Å². The fraction of sp³-hybridized carbons (Fsp3) is 0.417. The molecular formula is C12H14F2N2O. The van der Waals surface area contributed by atoms with Crippen LogP contribution in [0.3, 0.4) is 0 Å². The van der Waals surface area contributed by atoms with Crippen molar-refractivity contribution in [3.05, 3.63) is 29.8 Å². The summed E-state index contributed by atoms with van der Waals surface area (Å²) in [5.41, 5.74) is 5.45. The summed E-state index contributed by atoms with van der Waals surface area (Å²) in [6, 6.07) is 3.03. The molecule has 0 saturated heterocycles. The molecule has 1 amide bonds. The van der Waals surface area contributed by atoms with Gasteiger partial charge in [-0.1, -0.05) is 0 Å². The second-order valence-corrected chi connectivity index (χ2v) is 4.57. The van der Waals surface area contributed by atoms with Gasteiger partial charge in [0.2, 0.25) is 5.91 Å². The molecule has 1 aromatic carbocycles. The zero-order valence-corrected chi connectivity index (χ0v) is 9.30. The van der Waals surface area contributed by atoms with Gasteiger partial charge in [0.15, 0.2) is 0 Å². The van der Waals surface area contributed by atoms with Crippen molar-refractivity contribution < 1.29 is 13.6 Å². The Bertz CT molecular complexity index is 444. The molecule has 1 fully saturated rings. The van der Waals surface area contributed by atoms with Gasteiger partial charge in [-0.25, -0.2) is 8.78 Å². The summed E-state index contributed by atoms with van der Waals surface area (Å²) in [7, 11) is 0. The summed E-state index contributed by atoms with van der Waals surface area (Å²) in [5, 5.41) is 2.40. The highest BCUT2D eigenvalue weighted by molar-refractivity contribution is 5.91. The third-order valence-electron chi connectivity index (χ3n) is 3.07. The number of carbonyl (C=O) groups is 1. The Kier molecular flexibility index (Phi) is 3.11. The molecule has 0 spiro atoms. The molecule has 3 nitrogen and oxygen atoms in total. The van der Waals surface area contributed by atoms with Crippen LogP contribution in [-0.2, 0) is 4.79 Å². The van der Waals surface area contributed by atoms with E-state index in [1.165, 1.54) is 6.07 Å². The van der Waals surface area contributed by atoms with Crippen LogP contribution >= 0.6 is 0 Å². The van der Waals surface area contributed by atoms with Crippen LogP contribution in [0.2, 0.25) is 0 Å². The van der Waals surface area contributed by atoms with Gasteiger partial charge < -0.3 is 11.1 Å². The summed E-state index contributed by atoms with van der Waals surface area (Å²) >= 11 is 0.